The first kappa shape index (κ1) is 22.0. The number of pyridine rings is 1. The van der Waals surface area contributed by atoms with Crippen molar-refractivity contribution in [2.75, 3.05) is 0 Å². The Morgan fingerprint density at radius 3 is 2.72 bits per heavy atom. The van der Waals surface area contributed by atoms with Crippen molar-refractivity contribution in [2.24, 2.45) is 28.6 Å². The molecule has 0 bridgehead atoms. The number of ether oxygens (including phenoxy) is 2. The van der Waals surface area contributed by atoms with Crippen LogP contribution in [-0.4, -0.2) is 22.8 Å². The van der Waals surface area contributed by atoms with Crippen molar-refractivity contribution in [2.45, 2.75) is 77.4 Å². The van der Waals surface area contributed by atoms with E-state index in [4.69, 9.17) is 21.1 Å². The predicted molar refractivity (Wildman–Crippen MR) is 126 cm³/mol. The number of halogens is 1. The summed E-state index contributed by atoms with van der Waals surface area (Å²) in [5.74, 6) is 2.12. The van der Waals surface area contributed by atoms with Crippen molar-refractivity contribution in [1.29, 1.82) is 0 Å². The molecule has 4 aliphatic carbocycles. The Morgan fingerprint density at radius 2 is 1.97 bits per heavy atom. The van der Waals surface area contributed by atoms with Crippen LogP contribution in [0, 0.1) is 28.6 Å². The van der Waals surface area contributed by atoms with Crippen LogP contribution in [0.15, 0.2) is 42.3 Å². The highest BCUT2D eigenvalue weighted by Gasteiger charge is 2.57. The van der Waals surface area contributed by atoms with Crippen molar-refractivity contribution in [3.05, 3.63) is 47.8 Å². The fourth-order valence-electron chi connectivity index (χ4n) is 7.56. The molecule has 1 aromatic rings. The lowest BCUT2D eigenvalue weighted by Gasteiger charge is -2.57. The number of fused-ring (bicyclic) bond motifs is 5. The molecule has 32 heavy (non-hydrogen) atoms. The monoisotopic (exact) mass is 455 g/mol. The van der Waals surface area contributed by atoms with Gasteiger partial charge in [-0.25, -0.2) is 4.79 Å². The molecule has 0 aromatic carbocycles. The molecule has 7 atom stereocenters. The topological polar surface area (TPSA) is 48.4 Å². The van der Waals surface area contributed by atoms with Gasteiger partial charge in [0.1, 0.15) is 6.10 Å². The van der Waals surface area contributed by atoms with Gasteiger partial charge < -0.3 is 9.47 Å². The van der Waals surface area contributed by atoms with E-state index in [-0.39, 0.29) is 16.9 Å². The molecule has 4 aliphatic rings. The van der Waals surface area contributed by atoms with Crippen LogP contribution in [0.4, 0.5) is 4.79 Å². The van der Waals surface area contributed by atoms with E-state index in [2.05, 4.69) is 43.1 Å². The first-order valence-electron chi connectivity index (χ1n) is 12.1. The van der Waals surface area contributed by atoms with Gasteiger partial charge in [0.05, 0.1) is 0 Å². The van der Waals surface area contributed by atoms with Gasteiger partial charge >= 0.3 is 6.16 Å². The zero-order chi connectivity index (χ0) is 22.5. The third kappa shape index (κ3) is 3.59. The number of rotatable bonds is 3. The number of carbonyl (C=O) groups is 1. The third-order valence-electron chi connectivity index (χ3n) is 9.13. The Hall–Kier alpha value is -1.81. The summed E-state index contributed by atoms with van der Waals surface area (Å²) in [6.07, 6.45) is 15.7. The minimum absolute atomic E-state index is 0.104. The highest BCUT2D eigenvalue weighted by molar-refractivity contribution is 6.19. The van der Waals surface area contributed by atoms with Gasteiger partial charge in [-0.05, 0) is 91.2 Å². The van der Waals surface area contributed by atoms with Gasteiger partial charge in [0.15, 0.2) is 5.56 Å². The molecule has 0 amide bonds. The lowest BCUT2D eigenvalue weighted by Crippen LogP contribution is -2.50. The molecule has 1 unspecified atom stereocenters. The first-order chi connectivity index (χ1) is 15.3. The molecular weight excluding hydrogens is 422 g/mol. The Kier molecular flexibility index (Phi) is 5.64. The average Bonchev–Trinajstić information content (AvgIpc) is 3.11. The van der Waals surface area contributed by atoms with Gasteiger partial charge in [-0.1, -0.05) is 49.2 Å². The maximum absolute atomic E-state index is 11.9. The summed E-state index contributed by atoms with van der Waals surface area (Å²) in [5.41, 5.74) is 4.09. The molecule has 1 heterocycles. The average molecular weight is 456 g/mol. The maximum atomic E-state index is 11.9. The van der Waals surface area contributed by atoms with Gasteiger partial charge in [-0.15, -0.1) is 0 Å². The molecule has 0 saturated heterocycles. The van der Waals surface area contributed by atoms with Crippen LogP contribution < -0.4 is 0 Å². The lowest BCUT2D eigenvalue weighted by atomic mass is 9.47. The fourth-order valence-corrected chi connectivity index (χ4v) is 7.63. The summed E-state index contributed by atoms with van der Waals surface area (Å²) >= 11 is 5.76. The van der Waals surface area contributed by atoms with Crippen LogP contribution in [0.25, 0.3) is 5.57 Å². The molecule has 0 N–H and O–H groups in total. The first-order valence-corrected chi connectivity index (χ1v) is 12.6. The van der Waals surface area contributed by atoms with Gasteiger partial charge in [0, 0.05) is 18.8 Å². The summed E-state index contributed by atoms with van der Waals surface area (Å²) in [5, 5.41) is 0. The van der Waals surface area contributed by atoms with Gasteiger partial charge in [0.25, 0.3) is 0 Å². The van der Waals surface area contributed by atoms with Crippen LogP contribution in [0.3, 0.4) is 0 Å². The smallest absolute Gasteiger partial charge is 0.431 e. The molecule has 5 heteroatoms. The molecular formula is C27H34ClNO3. The molecule has 2 saturated carbocycles. The molecule has 172 valence electrons. The van der Waals surface area contributed by atoms with Crippen LogP contribution in [0.2, 0.25) is 0 Å². The zero-order valence-electron chi connectivity index (χ0n) is 19.4. The molecule has 1 aromatic heterocycles. The number of allylic oxidation sites excluding steroid dienone is 3. The molecule has 0 aliphatic heterocycles. The van der Waals surface area contributed by atoms with Crippen molar-refractivity contribution < 1.29 is 14.3 Å². The standard InChI is InChI=1S/C27H34ClNO3/c1-17(28)31-25(30)32-20-10-12-26(2)19(15-20)6-7-21-23-9-8-22(18-5-4-14-29-16-18)27(23,3)13-11-24(21)26/h4-6,8,14,16-17,20-21,23-24H,7,9-13,15H2,1-3H3/t17?,20-,21-,23-,24-,26-,27+/m0/s1. The summed E-state index contributed by atoms with van der Waals surface area (Å²) in [6.45, 7) is 6.59. The molecule has 4 nitrogen and oxygen atoms in total. The van der Waals surface area contributed by atoms with Crippen molar-refractivity contribution in [3.63, 3.8) is 0 Å². The van der Waals surface area contributed by atoms with E-state index < -0.39 is 11.7 Å². The van der Waals surface area contributed by atoms with E-state index in [9.17, 15) is 4.79 Å². The summed E-state index contributed by atoms with van der Waals surface area (Å²) in [4.78, 5) is 16.3. The van der Waals surface area contributed by atoms with E-state index >= 15 is 0 Å². The molecule has 5 rings (SSSR count). The van der Waals surface area contributed by atoms with Crippen molar-refractivity contribution in [3.8, 4) is 0 Å². The van der Waals surface area contributed by atoms with Crippen LogP contribution in [0.1, 0.15) is 71.3 Å². The number of aromatic nitrogens is 1. The Morgan fingerprint density at radius 1 is 1.16 bits per heavy atom. The zero-order valence-corrected chi connectivity index (χ0v) is 20.1. The van der Waals surface area contributed by atoms with Crippen molar-refractivity contribution in [1.82, 2.24) is 4.98 Å². The number of nitrogens with zero attached hydrogens (tertiary/aromatic N) is 1. The number of hydrogen-bond acceptors (Lipinski definition) is 4. The molecule has 0 radical (unpaired) electrons. The van der Waals surface area contributed by atoms with Crippen LogP contribution in [-0.2, 0) is 9.47 Å². The molecule has 0 spiro atoms. The normalized spacial score (nSPS) is 39.0. The van der Waals surface area contributed by atoms with Gasteiger partial charge in [-0.3, -0.25) is 4.98 Å². The summed E-state index contributed by atoms with van der Waals surface area (Å²) < 4.78 is 10.6. The minimum Gasteiger partial charge on any atom is -0.431 e. The van der Waals surface area contributed by atoms with Crippen molar-refractivity contribution >= 4 is 23.3 Å². The van der Waals surface area contributed by atoms with Gasteiger partial charge in [0.2, 0.25) is 0 Å². The maximum Gasteiger partial charge on any atom is 0.510 e. The summed E-state index contributed by atoms with van der Waals surface area (Å²) in [7, 11) is 0. The second kappa shape index (κ2) is 8.20. The van der Waals surface area contributed by atoms with E-state index in [1.165, 1.54) is 36.0 Å². The molecule has 2 fully saturated rings. The highest BCUT2D eigenvalue weighted by atomic mass is 35.5. The Balaban J connectivity index is 1.33. The third-order valence-corrected chi connectivity index (χ3v) is 9.22. The van der Waals surface area contributed by atoms with Crippen LogP contribution >= 0.6 is 11.6 Å². The largest absolute Gasteiger partial charge is 0.510 e. The second-order valence-corrected chi connectivity index (χ2v) is 11.3. The Labute approximate surface area is 196 Å². The van der Waals surface area contributed by atoms with Crippen LogP contribution in [0.5, 0.6) is 0 Å². The van der Waals surface area contributed by atoms with E-state index in [0.29, 0.717) is 17.8 Å². The van der Waals surface area contributed by atoms with E-state index in [1.807, 2.05) is 12.4 Å². The SMILES string of the molecule is CC(Cl)OC(=O)O[C@H]1CC[C@@]2(C)C(=CC[C@@H]3[C@@H]2CC[C@]2(C)C(c4cccnc4)=CC[C@@H]32)C1. The number of carbonyl (C=O) groups excluding carboxylic acids is 1. The summed E-state index contributed by atoms with van der Waals surface area (Å²) in [6, 6.07) is 4.27. The quantitative estimate of drug-likeness (QED) is 0.276. The lowest BCUT2D eigenvalue weighted by molar-refractivity contribution is -0.0369. The predicted octanol–water partition coefficient (Wildman–Crippen LogP) is 7.14. The Bertz CT molecular complexity index is 941. The highest BCUT2D eigenvalue weighted by Crippen LogP contribution is 2.66. The second-order valence-electron chi connectivity index (χ2n) is 10.7. The van der Waals surface area contributed by atoms with Gasteiger partial charge in [-0.2, -0.15) is 0 Å². The minimum atomic E-state index is -0.667. The van der Waals surface area contributed by atoms with E-state index in [1.54, 1.807) is 6.92 Å². The fraction of sp³-hybridized carbons (Fsp3) is 0.630. The number of alkyl halides is 1. The van der Waals surface area contributed by atoms with E-state index in [0.717, 1.165) is 25.7 Å². The number of hydrogen-bond donors (Lipinski definition) is 0.